The molecule has 1 aliphatic carbocycles. The fourth-order valence-corrected chi connectivity index (χ4v) is 2.43. The van der Waals surface area contributed by atoms with Crippen molar-refractivity contribution in [2.75, 3.05) is 19.7 Å². The molecular weight excluding hydrogens is 190 g/mol. The van der Waals surface area contributed by atoms with Gasteiger partial charge >= 0.3 is 0 Å². The lowest BCUT2D eigenvalue weighted by molar-refractivity contribution is 0.0225. The minimum absolute atomic E-state index is 0.122. The van der Waals surface area contributed by atoms with Gasteiger partial charge in [0.15, 0.2) is 0 Å². The Bertz CT molecular complexity index is 355. The number of hydrogen-bond donors (Lipinski definition) is 2. The number of morpholine rings is 1. The molecule has 1 saturated heterocycles. The molecular formula is C11H17N3O. The number of nitrogens with zero attached hydrogens (tertiary/aromatic N) is 1. The molecule has 0 spiro atoms. The van der Waals surface area contributed by atoms with Crippen molar-refractivity contribution in [3.05, 3.63) is 17.2 Å². The molecule has 0 amide bonds. The Balaban J connectivity index is 1.84. The first kappa shape index (κ1) is 9.36. The van der Waals surface area contributed by atoms with Crippen LogP contribution in [0.5, 0.6) is 0 Å². The SMILES string of the molecule is CC1CCc2[nH]c(C3CNCCO3)nc21. The van der Waals surface area contributed by atoms with Crippen LogP contribution in [0.4, 0.5) is 0 Å². The zero-order valence-electron chi connectivity index (χ0n) is 9.05. The highest BCUT2D eigenvalue weighted by Gasteiger charge is 2.26. The van der Waals surface area contributed by atoms with Crippen molar-refractivity contribution in [2.24, 2.45) is 0 Å². The van der Waals surface area contributed by atoms with Gasteiger partial charge in [-0.15, -0.1) is 0 Å². The largest absolute Gasteiger partial charge is 0.368 e. The number of nitrogens with one attached hydrogen (secondary N) is 2. The van der Waals surface area contributed by atoms with Crippen LogP contribution in [0.1, 0.15) is 42.6 Å². The average Bonchev–Trinajstić information content (AvgIpc) is 2.83. The quantitative estimate of drug-likeness (QED) is 0.725. The zero-order valence-corrected chi connectivity index (χ0v) is 9.05. The summed E-state index contributed by atoms with van der Waals surface area (Å²) in [5.41, 5.74) is 2.59. The molecule has 82 valence electrons. The van der Waals surface area contributed by atoms with Gasteiger partial charge in [0.2, 0.25) is 0 Å². The Morgan fingerprint density at radius 3 is 3.13 bits per heavy atom. The van der Waals surface area contributed by atoms with Gasteiger partial charge in [0.05, 0.1) is 12.3 Å². The third-order valence-corrected chi connectivity index (χ3v) is 3.36. The Morgan fingerprint density at radius 1 is 1.47 bits per heavy atom. The molecule has 4 heteroatoms. The zero-order chi connectivity index (χ0) is 10.3. The number of imidazole rings is 1. The van der Waals surface area contributed by atoms with E-state index in [1.165, 1.54) is 17.8 Å². The van der Waals surface area contributed by atoms with E-state index in [4.69, 9.17) is 4.74 Å². The summed E-state index contributed by atoms with van der Waals surface area (Å²) in [4.78, 5) is 8.09. The van der Waals surface area contributed by atoms with Gasteiger partial charge in [-0.05, 0) is 12.8 Å². The summed E-state index contributed by atoms with van der Waals surface area (Å²) in [6.07, 6.45) is 2.50. The molecule has 1 aromatic heterocycles. The smallest absolute Gasteiger partial charge is 0.137 e. The van der Waals surface area contributed by atoms with E-state index in [9.17, 15) is 0 Å². The van der Waals surface area contributed by atoms with Crippen molar-refractivity contribution in [3.63, 3.8) is 0 Å². The number of aromatic nitrogens is 2. The monoisotopic (exact) mass is 207 g/mol. The Labute approximate surface area is 89.4 Å². The van der Waals surface area contributed by atoms with Crippen molar-refractivity contribution >= 4 is 0 Å². The molecule has 15 heavy (non-hydrogen) atoms. The van der Waals surface area contributed by atoms with Crippen LogP contribution in [-0.2, 0) is 11.2 Å². The summed E-state index contributed by atoms with van der Waals surface area (Å²) in [5.74, 6) is 1.63. The van der Waals surface area contributed by atoms with Gasteiger partial charge in [-0.25, -0.2) is 4.98 Å². The molecule has 0 bridgehead atoms. The van der Waals surface area contributed by atoms with E-state index >= 15 is 0 Å². The number of hydrogen-bond acceptors (Lipinski definition) is 3. The summed E-state index contributed by atoms with van der Waals surface area (Å²) in [6.45, 7) is 4.86. The average molecular weight is 207 g/mol. The first-order valence-corrected chi connectivity index (χ1v) is 5.75. The highest BCUT2D eigenvalue weighted by Crippen LogP contribution is 2.32. The molecule has 2 aliphatic rings. The van der Waals surface area contributed by atoms with E-state index in [1.807, 2.05) is 0 Å². The van der Waals surface area contributed by atoms with Crippen LogP contribution in [0.15, 0.2) is 0 Å². The number of ether oxygens (including phenoxy) is 1. The van der Waals surface area contributed by atoms with Gasteiger partial charge in [0.1, 0.15) is 11.9 Å². The maximum Gasteiger partial charge on any atom is 0.137 e. The summed E-state index contributed by atoms with van der Waals surface area (Å²) in [6, 6.07) is 0. The van der Waals surface area contributed by atoms with E-state index in [0.717, 1.165) is 31.9 Å². The maximum atomic E-state index is 5.68. The maximum absolute atomic E-state index is 5.68. The molecule has 1 aliphatic heterocycles. The second kappa shape index (κ2) is 3.61. The molecule has 2 heterocycles. The molecule has 0 saturated carbocycles. The Morgan fingerprint density at radius 2 is 2.40 bits per heavy atom. The van der Waals surface area contributed by atoms with Gasteiger partial charge in [0, 0.05) is 24.7 Å². The molecule has 0 aromatic carbocycles. The number of aryl methyl sites for hydroxylation is 1. The number of rotatable bonds is 1. The number of fused-ring (bicyclic) bond motifs is 1. The first-order chi connectivity index (χ1) is 7.34. The van der Waals surface area contributed by atoms with E-state index in [0.29, 0.717) is 5.92 Å². The highest BCUT2D eigenvalue weighted by molar-refractivity contribution is 5.24. The molecule has 2 atom stereocenters. The van der Waals surface area contributed by atoms with Crippen LogP contribution in [0.25, 0.3) is 0 Å². The van der Waals surface area contributed by atoms with E-state index in [-0.39, 0.29) is 6.10 Å². The third kappa shape index (κ3) is 1.58. The molecule has 2 N–H and O–H groups in total. The minimum Gasteiger partial charge on any atom is -0.368 e. The fourth-order valence-electron chi connectivity index (χ4n) is 2.43. The topological polar surface area (TPSA) is 49.9 Å². The van der Waals surface area contributed by atoms with Crippen LogP contribution in [0.2, 0.25) is 0 Å². The Hall–Kier alpha value is -0.870. The summed E-state index contributed by atoms with van der Waals surface area (Å²) >= 11 is 0. The van der Waals surface area contributed by atoms with Gasteiger partial charge in [-0.3, -0.25) is 0 Å². The van der Waals surface area contributed by atoms with E-state index in [2.05, 4.69) is 22.2 Å². The van der Waals surface area contributed by atoms with Crippen LogP contribution in [0.3, 0.4) is 0 Å². The van der Waals surface area contributed by atoms with Crippen LogP contribution < -0.4 is 5.32 Å². The second-order valence-electron chi connectivity index (χ2n) is 4.49. The van der Waals surface area contributed by atoms with E-state index < -0.39 is 0 Å². The molecule has 2 unspecified atom stereocenters. The summed E-state index contributed by atoms with van der Waals surface area (Å²) in [5, 5.41) is 3.32. The highest BCUT2D eigenvalue weighted by atomic mass is 16.5. The molecule has 4 nitrogen and oxygen atoms in total. The minimum atomic E-state index is 0.122. The fraction of sp³-hybridized carbons (Fsp3) is 0.727. The standard InChI is InChI=1S/C11H17N3O/c1-7-2-3-8-10(7)14-11(13-8)9-6-12-4-5-15-9/h7,9,12H,2-6H2,1H3,(H,13,14). The predicted octanol–water partition coefficient (Wildman–Crippen LogP) is 1.12. The number of H-pyrrole nitrogens is 1. The van der Waals surface area contributed by atoms with E-state index in [1.54, 1.807) is 0 Å². The normalized spacial score (nSPS) is 30.5. The lowest BCUT2D eigenvalue weighted by Gasteiger charge is -2.21. The lowest BCUT2D eigenvalue weighted by atomic mass is 10.1. The van der Waals surface area contributed by atoms with Gasteiger partial charge < -0.3 is 15.0 Å². The Kier molecular flexibility index (Phi) is 2.25. The first-order valence-electron chi connectivity index (χ1n) is 5.75. The molecule has 1 fully saturated rings. The van der Waals surface area contributed by atoms with Crippen molar-refractivity contribution in [3.8, 4) is 0 Å². The molecule has 1 aromatic rings. The van der Waals surface area contributed by atoms with Crippen LogP contribution in [-0.4, -0.2) is 29.7 Å². The summed E-state index contributed by atoms with van der Waals surface area (Å²) in [7, 11) is 0. The van der Waals surface area contributed by atoms with Crippen molar-refractivity contribution in [1.82, 2.24) is 15.3 Å². The van der Waals surface area contributed by atoms with Crippen molar-refractivity contribution in [1.29, 1.82) is 0 Å². The van der Waals surface area contributed by atoms with Gasteiger partial charge in [-0.2, -0.15) is 0 Å². The van der Waals surface area contributed by atoms with Crippen molar-refractivity contribution in [2.45, 2.75) is 31.8 Å². The van der Waals surface area contributed by atoms with Crippen LogP contribution in [0, 0.1) is 0 Å². The third-order valence-electron chi connectivity index (χ3n) is 3.36. The van der Waals surface area contributed by atoms with Crippen LogP contribution >= 0.6 is 0 Å². The predicted molar refractivity (Wildman–Crippen MR) is 56.9 cm³/mol. The molecule has 3 rings (SSSR count). The van der Waals surface area contributed by atoms with Gasteiger partial charge in [-0.1, -0.05) is 6.92 Å². The van der Waals surface area contributed by atoms with Gasteiger partial charge in [0.25, 0.3) is 0 Å². The lowest BCUT2D eigenvalue weighted by Crippen LogP contribution is -2.33. The molecule has 0 radical (unpaired) electrons. The second-order valence-corrected chi connectivity index (χ2v) is 4.49. The number of aromatic amines is 1. The van der Waals surface area contributed by atoms with Crippen molar-refractivity contribution < 1.29 is 4.74 Å². The summed E-state index contributed by atoms with van der Waals surface area (Å²) < 4.78 is 5.68.